The van der Waals surface area contributed by atoms with Crippen LogP contribution in [0.3, 0.4) is 0 Å². The van der Waals surface area contributed by atoms with E-state index >= 15 is 0 Å². The lowest BCUT2D eigenvalue weighted by atomic mass is 9.91. The second kappa shape index (κ2) is 8.01. The topological polar surface area (TPSA) is 47.3 Å². The summed E-state index contributed by atoms with van der Waals surface area (Å²) in [6.45, 7) is 6.50. The zero-order chi connectivity index (χ0) is 15.1. The molecule has 0 saturated carbocycles. The summed E-state index contributed by atoms with van der Waals surface area (Å²) in [4.78, 5) is 0. The fraction of sp³-hybridized carbons (Fsp3) is 0.444. The Balaban J connectivity index is 2.07. The average Bonchev–Trinajstić information content (AvgIpc) is 2.52. The van der Waals surface area contributed by atoms with E-state index in [1.165, 1.54) is 30.4 Å². The molecule has 0 unspecified atom stereocenters. The Morgan fingerprint density at radius 2 is 2.24 bits per heavy atom. The number of anilines is 1. The molecule has 0 fully saturated rings. The number of rotatable bonds is 7. The van der Waals surface area contributed by atoms with Crippen LogP contribution in [0.15, 0.2) is 30.9 Å². The van der Waals surface area contributed by atoms with Crippen LogP contribution in [0.25, 0.3) is 11.1 Å². The van der Waals surface area contributed by atoms with E-state index in [9.17, 15) is 0 Å². The highest BCUT2D eigenvalue weighted by Gasteiger charge is 2.11. The number of hydrogen-bond acceptors (Lipinski definition) is 3. The SMILES string of the molecule is C=C(CNCCOC)c1ccc(N)c(C2=CCCCC2)c1. The molecule has 0 spiro atoms. The number of benzene rings is 1. The molecule has 0 heterocycles. The highest BCUT2D eigenvalue weighted by Crippen LogP contribution is 2.32. The summed E-state index contributed by atoms with van der Waals surface area (Å²) >= 11 is 0. The summed E-state index contributed by atoms with van der Waals surface area (Å²) < 4.78 is 5.03. The number of hydrogen-bond donors (Lipinski definition) is 2. The van der Waals surface area contributed by atoms with Gasteiger partial charge in [0.2, 0.25) is 0 Å². The van der Waals surface area contributed by atoms with Crippen molar-refractivity contribution in [2.75, 3.05) is 32.5 Å². The van der Waals surface area contributed by atoms with Gasteiger partial charge in [-0.15, -0.1) is 0 Å². The first-order valence-corrected chi connectivity index (χ1v) is 7.69. The lowest BCUT2D eigenvalue weighted by Crippen LogP contribution is -2.21. The van der Waals surface area contributed by atoms with Crippen LogP contribution < -0.4 is 11.1 Å². The molecule has 3 heteroatoms. The monoisotopic (exact) mass is 286 g/mol. The molecule has 0 bridgehead atoms. The second-order valence-electron chi connectivity index (χ2n) is 5.55. The van der Waals surface area contributed by atoms with E-state index in [1.54, 1.807) is 7.11 Å². The van der Waals surface area contributed by atoms with Gasteiger partial charge < -0.3 is 15.8 Å². The van der Waals surface area contributed by atoms with Crippen molar-refractivity contribution < 1.29 is 4.74 Å². The first-order valence-electron chi connectivity index (χ1n) is 7.69. The highest BCUT2D eigenvalue weighted by molar-refractivity contribution is 5.79. The van der Waals surface area contributed by atoms with Crippen LogP contribution in [-0.4, -0.2) is 26.8 Å². The molecule has 1 aliphatic carbocycles. The van der Waals surface area contributed by atoms with Crippen LogP contribution in [0.5, 0.6) is 0 Å². The van der Waals surface area contributed by atoms with Crippen molar-refractivity contribution in [2.45, 2.75) is 25.7 Å². The zero-order valence-corrected chi connectivity index (χ0v) is 13.0. The summed E-state index contributed by atoms with van der Waals surface area (Å²) in [7, 11) is 1.71. The van der Waals surface area contributed by atoms with Gasteiger partial charge in [-0.1, -0.05) is 18.7 Å². The van der Waals surface area contributed by atoms with E-state index in [2.05, 4.69) is 30.1 Å². The number of nitrogen functional groups attached to an aromatic ring is 1. The quantitative estimate of drug-likeness (QED) is 0.596. The van der Waals surface area contributed by atoms with Crippen molar-refractivity contribution in [2.24, 2.45) is 0 Å². The minimum atomic E-state index is 0.715. The third-order valence-corrected chi connectivity index (χ3v) is 3.92. The molecule has 2 rings (SSSR count). The number of nitrogens with two attached hydrogens (primary N) is 1. The Labute approximate surface area is 127 Å². The molecule has 0 atom stereocenters. The van der Waals surface area contributed by atoms with Gasteiger partial charge in [0, 0.05) is 31.5 Å². The molecule has 0 amide bonds. The molecule has 0 radical (unpaired) electrons. The average molecular weight is 286 g/mol. The first-order chi connectivity index (χ1) is 10.2. The van der Waals surface area contributed by atoms with E-state index in [0.29, 0.717) is 6.61 Å². The Hall–Kier alpha value is -1.58. The number of ether oxygens (including phenoxy) is 1. The van der Waals surface area contributed by atoms with Gasteiger partial charge in [0.15, 0.2) is 0 Å². The molecular formula is C18H26N2O. The molecular weight excluding hydrogens is 260 g/mol. The molecule has 3 nitrogen and oxygen atoms in total. The van der Waals surface area contributed by atoms with Gasteiger partial charge in [0.25, 0.3) is 0 Å². The summed E-state index contributed by atoms with van der Waals surface area (Å²) in [5, 5.41) is 3.33. The minimum Gasteiger partial charge on any atom is -0.398 e. The molecule has 0 aromatic heterocycles. The number of methoxy groups -OCH3 is 1. The largest absolute Gasteiger partial charge is 0.398 e. The van der Waals surface area contributed by atoms with Crippen molar-refractivity contribution in [3.05, 3.63) is 42.0 Å². The Morgan fingerprint density at radius 1 is 1.38 bits per heavy atom. The van der Waals surface area contributed by atoms with E-state index in [-0.39, 0.29) is 0 Å². The second-order valence-corrected chi connectivity index (χ2v) is 5.55. The zero-order valence-electron chi connectivity index (χ0n) is 13.0. The molecule has 114 valence electrons. The van der Waals surface area contributed by atoms with Gasteiger partial charge in [-0.25, -0.2) is 0 Å². The Bertz CT molecular complexity index is 520. The van der Waals surface area contributed by atoms with E-state index < -0.39 is 0 Å². The molecule has 21 heavy (non-hydrogen) atoms. The summed E-state index contributed by atoms with van der Waals surface area (Å²) in [5.74, 6) is 0. The Kier molecular flexibility index (Phi) is 6.03. The van der Waals surface area contributed by atoms with Gasteiger partial charge in [0.05, 0.1) is 6.61 Å². The smallest absolute Gasteiger partial charge is 0.0587 e. The maximum atomic E-state index is 6.16. The molecule has 0 aliphatic heterocycles. The van der Waals surface area contributed by atoms with Gasteiger partial charge in [-0.05, 0) is 54.5 Å². The first kappa shape index (κ1) is 15.8. The van der Waals surface area contributed by atoms with Crippen LogP contribution >= 0.6 is 0 Å². The van der Waals surface area contributed by atoms with Crippen LogP contribution in [-0.2, 0) is 4.74 Å². The highest BCUT2D eigenvalue weighted by atomic mass is 16.5. The summed E-state index contributed by atoms with van der Waals surface area (Å²) in [5.41, 5.74) is 11.8. The molecule has 1 aliphatic rings. The van der Waals surface area contributed by atoms with E-state index in [1.807, 2.05) is 6.07 Å². The van der Waals surface area contributed by atoms with Crippen LogP contribution in [0, 0.1) is 0 Å². The fourth-order valence-corrected chi connectivity index (χ4v) is 2.65. The molecule has 1 aromatic carbocycles. The Morgan fingerprint density at radius 3 is 2.95 bits per heavy atom. The predicted molar refractivity (Wildman–Crippen MR) is 91.1 cm³/mol. The lowest BCUT2D eigenvalue weighted by Gasteiger charge is -2.17. The normalized spacial score (nSPS) is 14.8. The van der Waals surface area contributed by atoms with E-state index in [0.717, 1.165) is 36.3 Å². The van der Waals surface area contributed by atoms with Crippen molar-refractivity contribution in [3.8, 4) is 0 Å². The van der Waals surface area contributed by atoms with Crippen LogP contribution in [0.4, 0.5) is 5.69 Å². The van der Waals surface area contributed by atoms with Gasteiger partial charge in [0.1, 0.15) is 0 Å². The third kappa shape index (κ3) is 4.45. The summed E-state index contributed by atoms with van der Waals surface area (Å²) in [6, 6.07) is 6.25. The fourth-order valence-electron chi connectivity index (χ4n) is 2.65. The van der Waals surface area contributed by atoms with Gasteiger partial charge >= 0.3 is 0 Å². The predicted octanol–water partition coefficient (Wildman–Crippen LogP) is 3.48. The van der Waals surface area contributed by atoms with Crippen LogP contribution in [0.2, 0.25) is 0 Å². The third-order valence-electron chi connectivity index (χ3n) is 3.92. The van der Waals surface area contributed by atoms with Gasteiger partial charge in [-0.3, -0.25) is 0 Å². The van der Waals surface area contributed by atoms with Crippen molar-refractivity contribution in [3.63, 3.8) is 0 Å². The van der Waals surface area contributed by atoms with E-state index in [4.69, 9.17) is 10.5 Å². The minimum absolute atomic E-state index is 0.715. The summed E-state index contributed by atoms with van der Waals surface area (Å²) in [6.07, 6.45) is 7.18. The standard InChI is InChI=1S/C18H26N2O/c1-14(13-20-10-11-21-2)16-8-9-18(19)17(12-16)15-6-4-3-5-7-15/h6,8-9,12,20H,1,3-5,7,10-11,13,19H2,2H3. The number of nitrogens with one attached hydrogen (secondary N) is 1. The van der Waals surface area contributed by atoms with Gasteiger partial charge in [-0.2, -0.15) is 0 Å². The van der Waals surface area contributed by atoms with Crippen molar-refractivity contribution in [1.29, 1.82) is 0 Å². The molecule has 3 N–H and O–H groups in total. The maximum absolute atomic E-state index is 6.16. The molecule has 0 saturated heterocycles. The van der Waals surface area contributed by atoms with Crippen LogP contribution in [0.1, 0.15) is 36.8 Å². The maximum Gasteiger partial charge on any atom is 0.0587 e. The van der Waals surface area contributed by atoms with Crippen molar-refractivity contribution in [1.82, 2.24) is 5.32 Å². The van der Waals surface area contributed by atoms with Crippen molar-refractivity contribution >= 4 is 16.8 Å². The number of allylic oxidation sites excluding steroid dienone is 2. The molecule has 1 aromatic rings. The lowest BCUT2D eigenvalue weighted by molar-refractivity contribution is 0.200.